The minimum Gasteiger partial charge on any atom is -0.377 e. The summed E-state index contributed by atoms with van der Waals surface area (Å²) in [6.45, 7) is 4.39. The first-order chi connectivity index (χ1) is 8.84. The first kappa shape index (κ1) is 13.4. The van der Waals surface area contributed by atoms with Crippen LogP contribution in [0.4, 0.5) is 0 Å². The number of nitrogens with one attached hydrogen (secondary N) is 1. The van der Waals surface area contributed by atoms with Crippen molar-refractivity contribution in [2.45, 2.75) is 51.7 Å². The number of aromatic nitrogens is 2. The molecule has 1 fully saturated rings. The van der Waals surface area contributed by atoms with Crippen LogP contribution in [0.5, 0.6) is 0 Å². The maximum absolute atomic E-state index is 5.85. The Labute approximate surface area is 109 Å². The highest BCUT2D eigenvalue weighted by molar-refractivity contribution is 5.00. The zero-order valence-corrected chi connectivity index (χ0v) is 11.2. The summed E-state index contributed by atoms with van der Waals surface area (Å²) < 4.78 is 5.85. The van der Waals surface area contributed by atoms with Crippen LogP contribution in [0.25, 0.3) is 0 Å². The van der Waals surface area contributed by atoms with Gasteiger partial charge in [-0.2, -0.15) is 0 Å². The average Bonchev–Trinajstić information content (AvgIpc) is 2.40. The zero-order chi connectivity index (χ0) is 12.6. The quantitative estimate of drug-likeness (QED) is 0.785. The molecule has 4 nitrogen and oxygen atoms in total. The van der Waals surface area contributed by atoms with E-state index in [-0.39, 0.29) is 0 Å². The van der Waals surface area contributed by atoms with Crippen molar-refractivity contribution < 1.29 is 4.74 Å². The molecule has 0 aromatic carbocycles. The van der Waals surface area contributed by atoms with Crippen molar-refractivity contribution in [1.29, 1.82) is 0 Å². The molecule has 0 aliphatic heterocycles. The van der Waals surface area contributed by atoms with Gasteiger partial charge in [0.25, 0.3) is 0 Å². The van der Waals surface area contributed by atoms with Crippen LogP contribution in [-0.4, -0.2) is 29.2 Å². The van der Waals surface area contributed by atoms with Crippen molar-refractivity contribution in [3.05, 3.63) is 23.8 Å². The van der Waals surface area contributed by atoms with E-state index in [1.54, 1.807) is 6.20 Å². The third kappa shape index (κ3) is 4.70. The number of rotatable bonds is 6. The second-order valence-electron chi connectivity index (χ2n) is 4.90. The minimum atomic E-state index is 0.502. The Morgan fingerprint density at radius 2 is 2.17 bits per heavy atom. The average molecular weight is 249 g/mol. The molecule has 0 radical (unpaired) electrons. The van der Waals surface area contributed by atoms with Gasteiger partial charge >= 0.3 is 0 Å². The van der Waals surface area contributed by atoms with E-state index in [0.29, 0.717) is 6.10 Å². The van der Waals surface area contributed by atoms with E-state index in [1.807, 2.05) is 13.0 Å². The van der Waals surface area contributed by atoms with Gasteiger partial charge in [0, 0.05) is 19.3 Å². The van der Waals surface area contributed by atoms with E-state index >= 15 is 0 Å². The summed E-state index contributed by atoms with van der Waals surface area (Å²) in [5.74, 6) is 0.827. The number of nitrogens with zero attached hydrogens (tertiary/aromatic N) is 2. The summed E-state index contributed by atoms with van der Waals surface area (Å²) in [5, 5.41) is 3.35. The third-order valence-corrected chi connectivity index (χ3v) is 3.32. The van der Waals surface area contributed by atoms with Crippen LogP contribution in [0, 0.1) is 6.92 Å². The van der Waals surface area contributed by atoms with Crippen molar-refractivity contribution in [1.82, 2.24) is 15.3 Å². The molecule has 1 aliphatic rings. The van der Waals surface area contributed by atoms with Gasteiger partial charge < -0.3 is 10.1 Å². The number of hydrogen-bond acceptors (Lipinski definition) is 4. The van der Waals surface area contributed by atoms with E-state index in [2.05, 4.69) is 15.3 Å². The molecule has 1 aliphatic carbocycles. The highest BCUT2D eigenvalue weighted by Crippen LogP contribution is 2.19. The van der Waals surface area contributed by atoms with Crippen molar-refractivity contribution in [2.75, 3.05) is 13.2 Å². The highest BCUT2D eigenvalue weighted by atomic mass is 16.5. The van der Waals surface area contributed by atoms with E-state index in [0.717, 1.165) is 31.2 Å². The Morgan fingerprint density at radius 1 is 1.33 bits per heavy atom. The fourth-order valence-electron chi connectivity index (χ4n) is 2.35. The van der Waals surface area contributed by atoms with Gasteiger partial charge in [0.2, 0.25) is 0 Å². The van der Waals surface area contributed by atoms with Gasteiger partial charge in [0.15, 0.2) is 0 Å². The highest BCUT2D eigenvalue weighted by Gasteiger charge is 2.12. The lowest BCUT2D eigenvalue weighted by Gasteiger charge is -2.21. The fourth-order valence-corrected chi connectivity index (χ4v) is 2.35. The van der Waals surface area contributed by atoms with Crippen LogP contribution in [-0.2, 0) is 11.3 Å². The summed E-state index contributed by atoms with van der Waals surface area (Å²) in [6, 6.07) is 1.95. The van der Waals surface area contributed by atoms with Crippen molar-refractivity contribution >= 4 is 0 Å². The predicted molar refractivity (Wildman–Crippen MR) is 71.3 cm³/mol. The van der Waals surface area contributed by atoms with Crippen LogP contribution in [0.15, 0.2) is 12.3 Å². The first-order valence-electron chi connectivity index (χ1n) is 6.95. The monoisotopic (exact) mass is 249 g/mol. The molecule has 1 N–H and O–H groups in total. The summed E-state index contributed by atoms with van der Waals surface area (Å²) in [6.07, 6.45) is 8.83. The number of hydrogen-bond donors (Lipinski definition) is 1. The fraction of sp³-hybridized carbons (Fsp3) is 0.714. The molecule has 0 spiro atoms. The van der Waals surface area contributed by atoms with Crippen molar-refractivity contribution in [3.8, 4) is 0 Å². The van der Waals surface area contributed by atoms with E-state index < -0.39 is 0 Å². The summed E-state index contributed by atoms with van der Waals surface area (Å²) in [7, 11) is 0. The van der Waals surface area contributed by atoms with Gasteiger partial charge in [0.05, 0.1) is 18.4 Å². The molecule has 18 heavy (non-hydrogen) atoms. The number of ether oxygens (including phenoxy) is 1. The molecule has 100 valence electrons. The molecular weight excluding hydrogens is 226 g/mol. The maximum atomic E-state index is 5.85. The molecule has 1 saturated carbocycles. The lowest BCUT2D eigenvalue weighted by atomic mass is 9.98. The Morgan fingerprint density at radius 3 is 2.94 bits per heavy atom. The number of aryl methyl sites for hydroxylation is 1. The van der Waals surface area contributed by atoms with E-state index in [9.17, 15) is 0 Å². The first-order valence-corrected chi connectivity index (χ1v) is 6.95. The SMILES string of the molecule is Cc1nccc(CNCCOC2CCCCC2)n1. The second kappa shape index (κ2) is 7.44. The van der Waals surface area contributed by atoms with Crippen molar-refractivity contribution in [3.63, 3.8) is 0 Å². The maximum Gasteiger partial charge on any atom is 0.125 e. The van der Waals surface area contributed by atoms with Crippen LogP contribution in [0.3, 0.4) is 0 Å². The Bertz CT molecular complexity index is 351. The van der Waals surface area contributed by atoms with Crippen LogP contribution < -0.4 is 5.32 Å². The second-order valence-corrected chi connectivity index (χ2v) is 4.90. The smallest absolute Gasteiger partial charge is 0.125 e. The molecule has 1 heterocycles. The summed E-state index contributed by atoms with van der Waals surface area (Å²) in [4.78, 5) is 8.43. The van der Waals surface area contributed by atoms with Crippen LogP contribution in [0.1, 0.15) is 43.6 Å². The Balaban J connectivity index is 1.55. The van der Waals surface area contributed by atoms with Gasteiger partial charge in [-0.1, -0.05) is 19.3 Å². The van der Waals surface area contributed by atoms with E-state index in [4.69, 9.17) is 4.74 Å². The standard InChI is InChI=1S/C14H23N3O/c1-12-16-8-7-13(17-12)11-15-9-10-18-14-5-3-2-4-6-14/h7-8,14-15H,2-6,9-11H2,1H3. The zero-order valence-electron chi connectivity index (χ0n) is 11.2. The lowest BCUT2D eigenvalue weighted by Crippen LogP contribution is -2.24. The van der Waals surface area contributed by atoms with Gasteiger partial charge in [-0.05, 0) is 25.8 Å². The summed E-state index contributed by atoms with van der Waals surface area (Å²) in [5.41, 5.74) is 1.04. The summed E-state index contributed by atoms with van der Waals surface area (Å²) >= 11 is 0. The molecular formula is C14H23N3O. The van der Waals surface area contributed by atoms with Crippen molar-refractivity contribution in [2.24, 2.45) is 0 Å². The van der Waals surface area contributed by atoms with Gasteiger partial charge in [-0.25, -0.2) is 9.97 Å². The molecule has 0 saturated heterocycles. The molecule has 0 bridgehead atoms. The Hall–Kier alpha value is -1.00. The molecule has 0 atom stereocenters. The molecule has 0 amide bonds. The Kier molecular flexibility index (Phi) is 5.55. The minimum absolute atomic E-state index is 0.502. The lowest BCUT2D eigenvalue weighted by molar-refractivity contribution is 0.0302. The van der Waals surface area contributed by atoms with Crippen LogP contribution in [0.2, 0.25) is 0 Å². The normalized spacial score (nSPS) is 16.9. The third-order valence-electron chi connectivity index (χ3n) is 3.32. The molecule has 4 heteroatoms. The van der Waals surface area contributed by atoms with Gasteiger partial charge in [0.1, 0.15) is 5.82 Å². The largest absolute Gasteiger partial charge is 0.377 e. The predicted octanol–water partition coefficient (Wildman–Crippen LogP) is 2.22. The molecule has 0 unspecified atom stereocenters. The van der Waals surface area contributed by atoms with Gasteiger partial charge in [-0.3, -0.25) is 0 Å². The van der Waals surface area contributed by atoms with Crippen LogP contribution >= 0.6 is 0 Å². The van der Waals surface area contributed by atoms with Gasteiger partial charge in [-0.15, -0.1) is 0 Å². The molecule has 1 aromatic heterocycles. The molecule has 1 aromatic rings. The topological polar surface area (TPSA) is 47.0 Å². The van der Waals surface area contributed by atoms with E-state index in [1.165, 1.54) is 32.1 Å². The molecule has 2 rings (SSSR count).